The molecule has 4 aromatic heterocycles. The summed E-state index contributed by atoms with van der Waals surface area (Å²) >= 11 is 0. The first kappa shape index (κ1) is 16.9. The number of piperazine rings is 1. The van der Waals surface area contributed by atoms with Crippen molar-refractivity contribution in [1.29, 1.82) is 0 Å². The SMILES string of the molecule is Cn1cc(-c2cnc3c(N4CCN(Cc5cccnc5)CC4)nccn23)cn1. The second-order valence-corrected chi connectivity index (χ2v) is 7.12. The Hall–Kier alpha value is -3.26. The molecule has 142 valence electrons. The van der Waals surface area contributed by atoms with Gasteiger partial charge in [0, 0.05) is 76.3 Å². The number of nitrogens with zero attached hydrogens (tertiary/aromatic N) is 8. The second kappa shape index (κ2) is 7.05. The summed E-state index contributed by atoms with van der Waals surface area (Å²) in [6.45, 7) is 4.79. The van der Waals surface area contributed by atoms with Crippen LogP contribution in [0, 0.1) is 0 Å². The van der Waals surface area contributed by atoms with Crippen molar-refractivity contribution in [1.82, 2.24) is 34.0 Å². The molecule has 0 N–H and O–H groups in total. The summed E-state index contributed by atoms with van der Waals surface area (Å²) in [7, 11) is 1.92. The summed E-state index contributed by atoms with van der Waals surface area (Å²) in [4.78, 5) is 18.3. The molecule has 0 unspecified atom stereocenters. The van der Waals surface area contributed by atoms with Gasteiger partial charge in [-0.15, -0.1) is 0 Å². The molecule has 0 spiro atoms. The topological polar surface area (TPSA) is 67.4 Å². The van der Waals surface area contributed by atoms with Crippen molar-refractivity contribution in [3.8, 4) is 11.3 Å². The van der Waals surface area contributed by atoms with Crippen molar-refractivity contribution in [3.05, 3.63) is 61.1 Å². The minimum Gasteiger partial charge on any atom is -0.351 e. The first-order valence-electron chi connectivity index (χ1n) is 9.45. The molecular weight excluding hydrogens is 352 g/mol. The molecule has 0 aliphatic carbocycles. The fourth-order valence-corrected chi connectivity index (χ4v) is 3.76. The van der Waals surface area contributed by atoms with Gasteiger partial charge >= 0.3 is 0 Å². The van der Waals surface area contributed by atoms with Gasteiger partial charge in [0.1, 0.15) is 0 Å². The average molecular weight is 374 g/mol. The summed E-state index contributed by atoms with van der Waals surface area (Å²) in [5, 5.41) is 4.27. The number of aryl methyl sites for hydroxylation is 1. The molecule has 28 heavy (non-hydrogen) atoms. The van der Waals surface area contributed by atoms with Crippen LogP contribution in [0.25, 0.3) is 16.9 Å². The highest BCUT2D eigenvalue weighted by Gasteiger charge is 2.21. The minimum atomic E-state index is 0.891. The van der Waals surface area contributed by atoms with E-state index in [0.717, 1.165) is 55.4 Å². The number of rotatable bonds is 4. The van der Waals surface area contributed by atoms with Crippen LogP contribution in [0.4, 0.5) is 5.82 Å². The lowest BCUT2D eigenvalue weighted by Gasteiger charge is -2.35. The fraction of sp³-hybridized carbons (Fsp3) is 0.300. The highest BCUT2D eigenvalue weighted by molar-refractivity contribution is 5.70. The third kappa shape index (κ3) is 3.11. The number of pyridine rings is 1. The van der Waals surface area contributed by atoms with E-state index in [2.05, 4.69) is 40.3 Å². The van der Waals surface area contributed by atoms with E-state index in [9.17, 15) is 0 Å². The predicted molar refractivity (Wildman–Crippen MR) is 107 cm³/mol. The third-order valence-electron chi connectivity index (χ3n) is 5.21. The number of imidazole rings is 1. The van der Waals surface area contributed by atoms with E-state index in [1.54, 1.807) is 4.68 Å². The predicted octanol–water partition coefficient (Wildman–Crippen LogP) is 1.85. The van der Waals surface area contributed by atoms with Crippen LogP contribution in [0.15, 0.2) is 55.5 Å². The summed E-state index contributed by atoms with van der Waals surface area (Å²) in [6.07, 6.45) is 13.3. The zero-order chi connectivity index (χ0) is 18.9. The Labute approximate surface area is 163 Å². The standard InChI is InChI=1S/C20H22N8/c1-25-15-17(12-24-25)18-13-23-20-19(22-5-6-28(18)20)27-9-7-26(8-10-27)14-16-3-2-4-21-11-16/h2-6,11-13,15H,7-10,14H2,1H3. The highest BCUT2D eigenvalue weighted by atomic mass is 15.3. The molecule has 1 saturated heterocycles. The van der Waals surface area contributed by atoms with Gasteiger partial charge in [-0.3, -0.25) is 19.0 Å². The molecule has 0 aromatic carbocycles. The smallest absolute Gasteiger partial charge is 0.180 e. The van der Waals surface area contributed by atoms with Gasteiger partial charge in [0.25, 0.3) is 0 Å². The van der Waals surface area contributed by atoms with Gasteiger partial charge in [-0.25, -0.2) is 9.97 Å². The molecule has 8 heteroatoms. The van der Waals surface area contributed by atoms with Gasteiger partial charge < -0.3 is 4.90 Å². The van der Waals surface area contributed by atoms with E-state index in [0.29, 0.717) is 0 Å². The van der Waals surface area contributed by atoms with Crippen molar-refractivity contribution < 1.29 is 0 Å². The van der Waals surface area contributed by atoms with Crippen LogP contribution < -0.4 is 4.90 Å². The van der Waals surface area contributed by atoms with Gasteiger partial charge in [0.05, 0.1) is 18.1 Å². The van der Waals surface area contributed by atoms with Gasteiger partial charge in [0.15, 0.2) is 11.5 Å². The number of hydrogen-bond acceptors (Lipinski definition) is 6. The van der Waals surface area contributed by atoms with Crippen LogP contribution in [-0.4, -0.2) is 60.2 Å². The average Bonchev–Trinajstić information content (AvgIpc) is 3.35. The van der Waals surface area contributed by atoms with E-state index < -0.39 is 0 Å². The van der Waals surface area contributed by atoms with Gasteiger partial charge in [-0.1, -0.05) is 6.07 Å². The summed E-state index contributed by atoms with van der Waals surface area (Å²) in [5.74, 6) is 0.943. The van der Waals surface area contributed by atoms with Crippen LogP contribution >= 0.6 is 0 Å². The molecule has 0 saturated carbocycles. The third-order valence-corrected chi connectivity index (χ3v) is 5.21. The van der Waals surface area contributed by atoms with Crippen LogP contribution in [0.2, 0.25) is 0 Å². The van der Waals surface area contributed by atoms with Crippen molar-refractivity contribution in [3.63, 3.8) is 0 Å². The Morgan fingerprint density at radius 3 is 2.64 bits per heavy atom. The minimum absolute atomic E-state index is 0.891. The Morgan fingerprint density at radius 1 is 1.00 bits per heavy atom. The van der Waals surface area contributed by atoms with Crippen LogP contribution in [-0.2, 0) is 13.6 Å². The molecule has 8 nitrogen and oxygen atoms in total. The van der Waals surface area contributed by atoms with Gasteiger partial charge in [-0.2, -0.15) is 5.10 Å². The van der Waals surface area contributed by atoms with Crippen molar-refractivity contribution in [2.24, 2.45) is 7.05 Å². The molecule has 1 aliphatic heterocycles. The van der Waals surface area contributed by atoms with Crippen molar-refractivity contribution >= 4 is 11.5 Å². The van der Waals surface area contributed by atoms with Crippen LogP contribution in [0.1, 0.15) is 5.56 Å². The Balaban J connectivity index is 1.35. The van der Waals surface area contributed by atoms with E-state index in [4.69, 9.17) is 0 Å². The number of fused-ring (bicyclic) bond motifs is 1. The summed E-state index contributed by atoms with van der Waals surface area (Å²) in [6, 6.07) is 4.13. The Morgan fingerprint density at radius 2 is 1.89 bits per heavy atom. The monoisotopic (exact) mass is 374 g/mol. The van der Waals surface area contributed by atoms with Gasteiger partial charge in [-0.05, 0) is 11.6 Å². The van der Waals surface area contributed by atoms with E-state index in [1.807, 2.05) is 56.5 Å². The van der Waals surface area contributed by atoms with Crippen LogP contribution in [0.3, 0.4) is 0 Å². The largest absolute Gasteiger partial charge is 0.351 e. The maximum atomic E-state index is 4.67. The molecule has 0 bridgehead atoms. The zero-order valence-electron chi connectivity index (χ0n) is 15.8. The lowest BCUT2D eigenvalue weighted by molar-refractivity contribution is 0.249. The van der Waals surface area contributed by atoms with E-state index >= 15 is 0 Å². The molecule has 5 rings (SSSR count). The zero-order valence-corrected chi connectivity index (χ0v) is 15.8. The molecule has 0 atom stereocenters. The number of hydrogen-bond donors (Lipinski definition) is 0. The van der Waals surface area contributed by atoms with E-state index in [-0.39, 0.29) is 0 Å². The molecular formula is C20H22N8. The first-order chi connectivity index (χ1) is 13.8. The van der Waals surface area contributed by atoms with E-state index in [1.165, 1.54) is 5.56 Å². The summed E-state index contributed by atoms with van der Waals surface area (Å²) < 4.78 is 3.90. The normalized spacial score (nSPS) is 15.4. The van der Waals surface area contributed by atoms with Crippen molar-refractivity contribution in [2.75, 3.05) is 31.1 Å². The Bertz CT molecular complexity index is 1080. The molecule has 4 aromatic rings. The lowest BCUT2D eigenvalue weighted by Crippen LogP contribution is -2.46. The molecule has 1 fully saturated rings. The maximum Gasteiger partial charge on any atom is 0.180 e. The number of aromatic nitrogens is 6. The lowest BCUT2D eigenvalue weighted by atomic mass is 10.2. The van der Waals surface area contributed by atoms with Gasteiger partial charge in [0.2, 0.25) is 0 Å². The fourth-order valence-electron chi connectivity index (χ4n) is 3.76. The Kier molecular flexibility index (Phi) is 4.25. The molecule has 0 radical (unpaired) electrons. The molecule has 5 heterocycles. The van der Waals surface area contributed by atoms with Crippen LogP contribution in [0.5, 0.6) is 0 Å². The highest BCUT2D eigenvalue weighted by Crippen LogP contribution is 2.25. The second-order valence-electron chi connectivity index (χ2n) is 7.12. The quantitative estimate of drug-likeness (QED) is 0.543. The molecule has 0 amide bonds. The molecule has 1 aliphatic rings. The number of anilines is 1. The van der Waals surface area contributed by atoms with Crippen molar-refractivity contribution in [2.45, 2.75) is 6.54 Å². The first-order valence-corrected chi connectivity index (χ1v) is 9.45. The summed E-state index contributed by atoms with van der Waals surface area (Å²) in [5.41, 5.74) is 4.23. The maximum absolute atomic E-state index is 4.67.